The van der Waals surface area contributed by atoms with Gasteiger partial charge in [-0.05, 0) is 73.5 Å². The number of rotatable bonds is 5. The quantitative estimate of drug-likeness (QED) is 0.254. The van der Waals surface area contributed by atoms with E-state index in [4.69, 9.17) is 0 Å². The number of hydrogen-bond acceptors (Lipinski definition) is 6. The highest BCUT2D eigenvalue weighted by Crippen LogP contribution is 2.41. The summed E-state index contributed by atoms with van der Waals surface area (Å²) in [6.07, 6.45) is -3.27. The van der Waals surface area contributed by atoms with E-state index in [1.54, 1.807) is 18.2 Å². The number of carbonyl (C=O) groups excluding carboxylic acids is 1. The summed E-state index contributed by atoms with van der Waals surface area (Å²) in [4.78, 5) is 30.2. The number of aromatic nitrogens is 1. The van der Waals surface area contributed by atoms with Crippen LogP contribution in [0.3, 0.4) is 0 Å². The van der Waals surface area contributed by atoms with Crippen LogP contribution in [0, 0.1) is 13.8 Å². The van der Waals surface area contributed by atoms with E-state index >= 15 is 0 Å². The minimum absolute atomic E-state index is 0.00447. The Morgan fingerprint density at radius 2 is 1.73 bits per heavy atom. The second-order valence-corrected chi connectivity index (χ2v) is 9.23. The van der Waals surface area contributed by atoms with Gasteiger partial charge in [-0.15, -0.1) is 0 Å². The molecule has 0 unspecified atom stereocenters. The van der Waals surface area contributed by atoms with Crippen LogP contribution in [0.25, 0.3) is 11.3 Å². The number of alkyl halides is 3. The number of hydrogen-bond donors (Lipinski definition) is 3. The van der Waals surface area contributed by atoms with Gasteiger partial charge >= 0.3 is 12.1 Å². The molecular formula is C29H21F3N4O4. The van der Waals surface area contributed by atoms with Crippen LogP contribution in [-0.4, -0.2) is 32.8 Å². The summed E-state index contributed by atoms with van der Waals surface area (Å²) in [6.45, 7) is 3.63. The summed E-state index contributed by atoms with van der Waals surface area (Å²) in [5.74, 6) is -2.17. The molecule has 5 rings (SSSR count). The number of hydrazone groups is 1. The summed E-state index contributed by atoms with van der Waals surface area (Å²) >= 11 is 0. The summed E-state index contributed by atoms with van der Waals surface area (Å²) in [6, 6.07) is 15.4. The number of pyridine rings is 1. The number of nitrogens with one attached hydrogen (secondary N) is 1. The summed E-state index contributed by atoms with van der Waals surface area (Å²) < 4.78 is 40.7. The molecule has 8 nitrogen and oxygen atoms in total. The molecule has 0 fully saturated rings. The minimum Gasteiger partial charge on any atom is -0.504 e. The molecule has 3 N–H and O–H groups in total. The van der Waals surface area contributed by atoms with E-state index in [2.05, 4.69) is 15.5 Å². The van der Waals surface area contributed by atoms with Crippen molar-refractivity contribution >= 4 is 34.7 Å². The third kappa shape index (κ3) is 4.84. The number of halogens is 3. The molecule has 202 valence electrons. The molecule has 1 aromatic heterocycles. The molecule has 0 saturated heterocycles. The molecule has 3 aromatic carbocycles. The monoisotopic (exact) mass is 546 g/mol. The Kier molecular flexibility index (Phi) is 6.50. The minimum atomic E-state index is -4.62. The molecule has 1 aliphatic rings. The molecule has 0 spiro atoms. The Morgan fingerprint density at radius 3 is 2.40 bits per heavy atom. The van der Waals surface area contributed by atoms with Crippen molar-refractivity contribution in [2.45, 2.75) is 20.0 Å². The van der Waals surface area contributed by atoms with Gasteiger partial charge in [0, 0.05) is 23.0 Å². The van der Waals surface area contributed by atoms with Gasteiger partial charge in [0.05, 0.1) is 16.8 Å². The van der Waals surface area contributed by atoms with Crippen LogP contribution in [0.15, 0.2) is 78.0 Å². The lowest BCUT2D eigenvalue weighted by atomic mass is 10.1. The Hall–Kier alpha value is -5.19. The molecule has 0 bridgehead atoms. The summed E-state index contributed by atoms with van der Waals surface area (Å²) in [7, 11) is 0. The van der Waals surface area contributed by atoms with Crippen molar-refractivity contribution in [2.24, 2.45) is 5.10 Å². The fourth-order valence-electron chi connectivity index (χ4n) is 4.54. The third-order valence-corrected chi connectivity index (χ3v) is 6.29. The van der Waals surface area contributed by atoms with Gasteiger partial charge < -0.3 is 10.2 Å². The first-order chi connectivity index (χ1) is 18.9. The number of benzene rings is 3. The highest BCUT2D eigenvalue weighted by atomic mass is 19.4. The standard InChI is InChI=1S/C29H21F3N4O4/c1-15-10-16(2)12-20(11-15)36-23-14-19(29(30,31)32)6-7-21(23)25(27(36)38)35-34-22-8-9-33-24(26(22)37)17-4-3-5-18(13-17)28(39)40/h3-14,37H,1-2H3,(H,33,34)(H,39,40)/b35-25-. The molecule has 11 heteroatoms. The lowest BCUT2D eigenvalue weighted by Crippen LogP contribution is -2.26. The van der Waals surface area contributed by atoms with E-state index in [1.807, 2.05) is 19.9 Å². The lowest BCUT2D eigenvalue weighted by Gasteiger charge is -2.19. The van der Waals surface area contributed by atoms with Gasteiger partial charge in [-0.1, -0.05) is 18.2 Å². The van der Waals surface area contributed by atoms with Crippen LogP contribution < -0.4 is 10.3 Å². The predicted octanol–water partition coefficient (Wildman–Crippen LogP) is 6.28. The van der Waals surface area contributed by atoms with E-state index in [0.29, 0.717) is 11.3 Å². The van der Waals surface area contributed by atoms with Crippen molar-refractivity contribution in [3.8, 4) is 17.0 Å². The van der Waals surface area contributed by atoms with Gasteiger partial charge in [0.25, 0.3) is 5.91 Å². The lowest BCUT2D eigenvalue weighted by molar-refractivity contribution is -0.137. The molecule has 0 atom stereocenters. The van der Waals surface area contributed by atoms with Gasteiger partial charge in [-0.3, -0.25) is 20.1 Å². The Labute approximate surface area is 226 Å². The number of aromatic hydroxyl groups is 1. The SMILES string of the molecule is Cc1cc(C)cc(N2C(=O)/C(=N\Nc3ccnc(-c4cccc(C(=O)O)c4)c3O)c3ccc(C(F)(F)F)cc32)c1. The van der Waals surface area contributed by atoms with E-state index in [0.717, 1.165) is 23.3 Å². The summed E-state index contributed by atoms with van der Waals surface area (Å²) in [5.41, 5.74) is 4.22. The maximum absolute atomic E-state index is 13.6. The van der Waals surface area contributed by atoms with Crippen molar-refractivity contribution in [3.63, 3.8) is 0 Å². The molecular weight excluding hydrogens is 525 g/mol. The molecule has 0 saturated carbocycles. The number of anilines is 3. The number of aromatic carboxylic acids is 1. The van der Waals surface area contributed by atoms with Crippen molar-refractivity contribution < 1.29 is 33.0 Å². The van der Waals surface area contributed by atoms with E-state index < -0.39 is 23.6 Å². The molecule has 1 aliphatic heterocycles. The molecule has 2 heterocycles. The first-order valence-corrected chi connectivity index (χ1v) is 11.9. The fraction of sp³-hybridized carbons (Fsp3) is 0.103. The number of fused-ring (bicyclic) bond motifs is 1. The number of nitrogens with zero attached hydrogens (tertiary/aromatic N) is 3. The topological polar surface area (TPSA) is 115 Å². The molecule has 4 aromatic rings. The highest BCUT2D eigenvalue weighted by Gasteiger charge is 2.39. The summed E-state index contributed by atoms with van der Waals surface area (Å²) in [5, 5.41) is 24.3. The maximum Gasteiger partial charge on any atom is 0.416 e. The smallest absolute Gasteiger partial charge is 0.416 e. The average Bonchev–Trinajstić information content (AvgIpc) is 3.17. The normalized spacial score (nSPS) is 14.0. The van der Waals surface area contributed by atoms with Crippen molar-refractivity contribution in [1.82, 2.24) is 4.98 Å². The molecule has 1 amide bonds. The zero-order valence-corrected chi connectivity index (χ0v) is 21.1. The van der Waals surface area contributed by atoms with Crippen molar-refractivity contribution in [1.29, 1.82) is 0 Å². The number of carbonyl (C=O) groups is 2. The fourth-order valence-corrected chi connectivity index (χ4v) is 4.54. The Bertz CT molecular complexity index is 1700. The second-order valence-electron chi connectivity index (χ2n) is 9.23. The van der Waals surface area contributed by atoms with Crippen LogP contribution in [0.2, 0.25) is 0 Å². The zero-order valence-electron chi connectivity index (χ0n) is 21.1. The van der Waals surface area contributed by atoms with Gasteiger partial charge in [-0.2, -0.15) is 18.3 Å². The van der Waals surface area contributed by atoms with Gasteiger partial charge in [0.15, 0.2) is 11.5 Å². The van der Waals surface area contributed by atoms with Crippen LogP contribution in [0.4, 0.5) is 30.2 Å². The van der Waals surface area contributed by atoms with Crippen molar-refractivity contribution in [3.05, 3.63) is 101 Å². The molecule has 40 heavy (non-hydrogen) atoms. The maximum atomic E-state index is 13.6. The first kappa shape index (κ1) is 26.4. The third-order valence-electron chi connectivity index (χ3n) is 6.29. The van der Waals surface area contributed by atoms with E-state index in [9.17, 15) is 33.0 Å². The Balaban J connectivity index is 1.57. The number of carboxylic acids is 1. The van der Waals surface area contributed by atoms with Gasteiger partial charge in [0.1, 0.15) is 11.4 Å². The van der Waals surface area contributed by atoms with Crippen molar-refractivity contribution in [2.75, 3.05) is 10.3 Å². The average molecular weight is 547 g/mol. The molecule has 0 radical (unpaired) electrons. The van der Waals surface area contributed by atoms with Crippen LogP contribution in [0.5, 0.6) is 5.75 Å². The highest BCUT2D eigenvalue weighted by molar-refractivity contribution is 6.55. The number of carboxylic acid groups (broad SMARTS) is 1. The second kappa shape index (κ2) is 9.84. The van der Waals surface area contributed by atoms with Gasteiger partial charge in [-0.25, -0.2) is 4.79 Å². The molecule has 0 aliphatic carbocycles. The van der Waals surface area contributed by atoms with E-state index in [-0.39, 0.29) is 39.7 Å². The van der Waals surface area contributed by atoms with Crippen LogP contribution in [0.1, 0.15) is 32.6 Å². The van der Waals surface area contributed by atoms with E-state index in [1.165, 1.54) is 41.4 Å². The zero-order chi connectivity index (χ0) is 28.8. The predicted molar refractivity (Wildman–Crippen MR) is 143 cm³/mol. The number of amides is 1. The first-order valence-electron chi connectivity index (χ1n) is 11.9. The Morgan fingerprint density at radius 1 is 1.00 bits per heavy atom. The number of aryl methyl sites for hydroxylation is 2. The largest absolute Gasteiger partial charge is 0.504 e. The van der Waals surface area contributed by atoms with Gasteiger partial charge in [0.2, 0.25) is 0 Å². The van der Waals surface area contributed by atoms with Crippen LogP contribution in [-0.2, 0) is 11.0 Å². The van der Waals surface area contributed by atoms with Crippen LogP contribution >= 0.6 is 0 Å².